The normalized spacial score (nSPS) is 11.4. The second kappa shape index (κ2) is 4.68. The third-order valence-electron chi connectivity index (χ3n) is 1.29. The molecular formula is C7H9N3O2S. The molecule has 0 radical (unpaired) electrons. The molecule has 1 heterocycles. The number of hydrazone groups is 1. The van der Waals surface area contributed by atoms with E-state index in [0.717, 1.165) is 5.69 Å². The Bertz CT molecular complexity index is 308. The predicted octanol–water partition coefficient (Wildman–Crippen LogP) is -0.0244. The van der Waals surface area contributed by atoms with Gasteiger partial charge in [-0.25, -0.2) is 10.4 Å². The molecule has 2 N–H and O–H groups in total. The second-order valence-corrected chi connectivity index (χ2v) is 2.98. The molecule has 0 aliphatic heterocycles. The van der Waals surface area contributed by atoms with Crippen molar-refractivity contribution < 1.29 is 9.90 Å². The molecule has 0 bridgehead atoms. The Labute approximate surface area is 79.1 Å². The fourth-order valence-corrected chi connectivity index (χ4v) is 1.23. The summed E-state index contributed by atoms with van der Waals surface area (Å²) in [4.78, 5) is 14.6. The first-order chi connectivity index (χ1) is 6.24. The lowest BCUT2D eigenvalue weighted by molar-refractivity contribution is -0.123. The van der Waals surface area contributed by atoms with Crippen molar-refractivity contribution in [1.29, 1.82) is 0 Å². The van der Waals surface area contributed by atoms with E-state index in [1.807, 2.05) is 5.38 Å². The highest BCUT2D eigenvalue weighted by Crippen LogP contribution is 2.01. The van der Waals surface area contributed by atoms with Crippen molar-refractivity contribution in [2.75, 3.05) is 6.61 Å². The Hall–Kier alpha value is -1.27. The molecule has 1 aromatic heterocycles. The Morgan fingerprint density at radius 1 is 1.85 bits per heavy atom. The molecule has 0 saturated heterocycles. The molecule has 0 aliphatic carbocycles. The Morgan fingerprint density at radius 3 is 3.15 bits per heavy atom. The molecule has 1 aromatic rings. The molecule has 13 heavy (non-hydrogen) atoms. The maximum Gasteiger partial charge on any atom is 0.265 e. The van der Waals surface area contributed by atoms with Crippen LogP contribution < -0.4 is 5.43 Å². The van der Waals surface area contributed by atoms with Crippen LogP contribution in [0, 0.1) is 0 Å². The molecule has 0 aliphatic rings. The molecule has 0 unspecified atom stereocenters. The first kappa shape index (κ1) is 9.82. The van der Waals surface area contributed by atoms with Gasteiger partial charge in [-0.2, -0.15) is 5.10 Å². The van der Waals surface area contributed by atoms with Crippen molar-refractivity contribution in [3.05, 3.63) is 16.6 Å². The minimum Gasteiger partial charge on any atom is -0.386 e. The van der Waals surface area contributed by atoms with E-state index in [-0.39, 0.29) is 0 Å². The summed E-state index contributed by atoms with van der Waals surface area (Å²) in [5.41, 5.74) is 5.21. The Kier molecular flexibility index (Phi) is 3.53. The number of amides is 1. The summed E-state index contributed by atoms with van der Waals surface area (Å²) in [5.74, 6) is -0.533. The Morgan fingerprint density at radius 2 is 2.62 bits per heavy atom. The zero-order chi connectivity index (χ0) is 9.68. The first-order valence-electron chi connectivity index (χ1n) is 3.56. The first-order valence-corrected chi connectivity index (χ1v) is 4.51. The van der Waals surface area contributed by atoms with Gasteiger partial charge in [0, 0.05) is 5.38 Å². The van der Waals surface area contributed by atoms with Crippen LogP contribution in [0.5, 0.6) is 0 Å². The van der Waals surface area contributed by atoms with Crippen LogP contribution in [-0.2, 0) is 4.79 Å². The zero-order valence-electron chi connectivity index (χ0n) is 7.02. The number of hydrogen-bond acceptors (Lipinski definition) is 5. The monoisotopic (exact) mass is 199 g/mol. The third-order valence-corrected chi connectivity index (χ3v) is 1.88. The van der Waals surface area contributed by atoms with Crippen molar-refractivity contribution >= 4 is 23.0 Å². The minimum absolute atomic E-state index is 0.533. The number of thiazole rings is 1. The van der Waals surface area contributed by atoms with E-state index in [1.165, 1.54) is 11.3 Å². The fourth-order valence-electron chi connectivity index (χ4n) is 0.630. The SMILES string of the molecule is C/C(=N\NC(=O)CO)c1cscn1. The number of rotatable bonds is 3. The van der Waals surface area contributed by atoms with Crippen molar-refractivity contribution in [1.82, 2.24) is 10.4 Å². The summed E-state index contributed by atoms with van der Waals surface area (Å²) < 4.78 is 0. The highest BCUT2D eigenvalue weighted by atomic mass is 32.1. The summed E-state index contributed by atoms with van der Waals surface area (Å²) in [7, 11) is 0. The fraction of sp³-hybridized carbons (Fsp3) is 0.286. The van der Waals surface area contributed by atoms with E-state index in [4.69, 9.17) is 5.11 Å². The van der Waals surface area contributed by atoms with Crippen molar-refractivity contribution in [2.24, 2.45) is 5.10 Å². The highest BCUT2D eigenvalue weighted by Gasteiger charge is 2.00. The third kappa shape index (κ3) is 2.92. The Balaban J connectivity index is 2.57. The van der Waals surface area contributed by atoms with E-state index >= 15 is 0 Å². The van der Waals surface area contributed by atoms with Gasteiger partial charge in [0.15, 0.2) is 0 Å². The zero-order valence-corrected chi connectivity index (χ0v) is 7.84. The van der Waals surface area contributed by atoms with Crippen LogP contribution in [0.25, 0.3) is 0 Å². The summed E-state index contributed by atoms with van der Waals surface area (Å²) in [5, 5.41) is 13.9. The predicted molar refractivity (Wildman–Crippen MR) is 49.6 cm³/mol. The number of aliphatic hydroxyl groups is 1. The molecule has 0 fully saturated rings. The van der Waals surface area contributed by atoms with Crippen molar-refractivity contribution in [3.8, 4) is 0 Å². The van der Waals surface area contributed by atoms with Gasteiger partial charge < -0.3 is 5.11 Å². The second-order valence-electron chi connectivity index (χ2n) is 2.26. The van der Waals surface area contributed by atoms with Gasteiger partial charge in [0.05, 0.1) is 16.9 Å². The summed E-state index contributed by atoms with van der Waals surface area (Å²) >= 11 is 1.45. The van der Waals surface area contributed by atoms with Gasteiger partial charge in [0.1, 0.15) is 6.61 Å². The lowest BCUT2D eigenvalue weighted by Crippen LogP contribution is -2.22. The molecule has 1 amide bonds. The molecule has 5 nitrogen and oxygen atoms in total. The van der Waals surface area contributed by atoms with Crippen molar-refractivity contribution in [2.45, 2.75) is 6.92 Å². The number of aliphatic hydroxyl groups excluding tert-OH is 1. The largest absolute Gasteiger partial charge is 0.386 e. The van der Waals surface area contributed by atoms with Gasteiger partial charge in [0.25, 0.3) is 5.91 Å². The van der Waals surface area contributed by atoms with Crippen LogP contribution in [0.2, 0.25) is 0 Å². The molecule has 0 aromatic carbocycles. The molecule has 6 heteroatoms. The summed E-state index contributed by atoms with van der Waals surface area (Å²) in [6, 6.07) is 0. The number of carbonyl (C=O) groups is 1. The lowest BCUT2D eigenvalue weighted by atomic mass is 10.3. The molecule has 0 atom stereocenters. The van der Waals surface area contributed by atoms with Gasteiger partial charge in [0.2, 0.25) is 0 Å². The minimum atomic E-state index is -0.562. The molecule has 1 rings (SSSR count). The maximum absolute atomic E-state index is 10.6. The van der Waals surface area contributed by atoms with Crippen molar-refractivity contribution in [3.63, 3.8) is 0 Å². The number of aromatic nitrogens is 1. The highest BCUT2D eigenvalue weighted by molar-refractivity contribution is 7.07. The van der Waals surface area contributed by atoms with Gasteiger partial charge in [-0.15, -0.1) is 11.3 Å². The molecular weight excluding hydrogens is 190 g/mol. The average molecular weight is 199 g/mol. The van der Waals surface area contributed by atoms with Crippen LogP contribution in [0.1, 0.15) is 12.6 Å². The van der Waals surface area contributed by atoms with Crippen LogP contribution in [-0.4, -0.2) is 28.3 Å². The number of hydrogen-bond donors (Lipinski definition) is 2. The average Bonchev–Trinajstić information content (AvgIpc) is 2.66. The quantitative estimate of drug-likeness (QED) is 0.530. The van der Waals surface area contributed by atoms with Gasteiger partial charge in [-0.05, 0) is 6.92 Å². The van der Waals surface area contributed by atoms with Crippen LogP contribution in [0.3, 0.4) is 0 Å². The summed E-state index contributed by atoms with van der Waals surface area (Å²) in [6.07, 6.45) is 0. The van der Waals surface area contributed by atoms with Crippen LogP contribution in [0.4, 0.5) is 0 Å². The lowest BCUT2D eigenvalue weighted by Gasteiger charge is -1.96. The number of nitrogens with one attached hydrogen (secondary N) is 1. The molecule has 70 valence electrons. The topological polar surface area (TPSA) is 74.6 Å². The summed E-state index contributed by atoms with van der Waals surface area (Å²) in [6.45, 7) is 1.17. The molecule has 0 spiro atoms. The van der Waals surface area contributed by atoms with E-state index in [2.05, 4.69) is 15.5 Å². The number of nitrogens with zero attached hydrogens (tertiary/aromatic N) is 2. The number of carbonyl (C=O) groups excluding carboxylic acids is 1. The van der Waals surface area contributed by atoms with Gasteiger partial charge in [-0.1, -0.05) is 0 Å². The van der Waals surface area contributed by atoms with E-state index < -0.39 is 12.5 Å². The maximum atomic E-state index is 10.6. The molecule has 0 saturated carbocycles. The van der Waals surface area contributed by atoms with E-state index in [1.54, 1.807) is 12.4 Å². The smallest absolute Gasteiger partial charge is 0.265 e. The van der Waals surface area contributed by atoms with E-state index in [0.29, 0.717) is 5.71 Å². The van der Waals surface area contributed by atoms with Gasteiger partial charge >= 0.3 is 0 Å². The van der Waals surface area contributed by atoms with E-state index in [9.17, 15) is 4.79 Å². The standard InChI is InChI=1S/C7H9N3O2S/c1-5(6-3-13-4-8-6)9-10-7(12)2-11/h3-4,11H,2H2,1H3,(H,10,12)/b9-5+. The van der Waals surface area contributed by atoms with Crippen LogP contribution >= 0.6 is 11.3 Å². The van der Waals surface area contributed by atoms with Gasteiger partial charge in [-0.3, -0.25) is 4.79 Å². The van der Waals surface area contributed by atoms with Crippen LogP contribution in [0.15, 0.2) is 16.0 Å².